The van der Waals surface area contributed by atoms with Crippen molar-refractivity contribution in [1.82, 2.24) is 10.2 Å². The topological polar surface area (TPSA) is 66.5 Å². The number of imide groups is 1. The number of hydrogen-bond acceptors (Lipinski definition) is 3. The van der Waals surface area contributed by atoms with Crippen molar-refractivity contribution in [3.8, 4) is 0 Å². The molecule has 0 spiro atoms. The summed E-state index contributed by atoms with van der Waals surface area (Å²) in [6.07, 6.45) is 5.04. The highest BCUT2D eigenvalue weighted by Gasteiger charge is 2.40. The Labute approximate surface area is 136 Å². The van der Waals surface area contributed by atoms with Crippen molar-refractivity contribution in [3.05, 3.63) is 34.9 Å². The van der Waals surface area contributed by atoms with Crippen LogP contribution < -0.4 is 5.32 Å². The Morgan fingerprint density at radius 2 is 1.74 bits per heavy atom. The van der Waals surface area contributed by atoms with Gasteiger partial charge in [-0.2, -0.15) is 0 Å². The molecule has 1 aromatic carbocycles. The quantitative estimate of drug-likeness (QED) is 0.872. The molecule has 3 amide bonds. The summed E-state index contributed by atoms with van der Waals surface area (Å²) in [6, 6.07) is 4.80. The number of carbonyl (C=O) groups excluding carboxylic acids is 3. The lowest BCUT2D eigenvalue weighted by Crippen LogP contribution is -2.40. The summed E-state index contributed by atoms with van der Waals surface area (Å²) in [4.78, 5) is 38.8. The van der Waals surface area contributed by atoms with Crippen molar-refractivity contribution >= 4 is 17.7 Å². The van der Waals surface area contributed by atoms with Crippen molar-refractivity contribution in [2.45, 2.75) is 58.0 Å². The smallest absolute Gasteiger partial charge is 0.261 e. The average Bonchev–Trinajstić information content (AvgIpc) is 2.78. The predicted molar refractivity (Wildman–Crippen MR) is 86.4 cm³/mol. The molecule has 0 unspecified atom stereocenters. The van der Waals surface area contributed by atoms with E-state index in [0.29, 0.717) is 16.7 Å². The van der Waals surface area contributed by atoms with Crippen molar-refractivity contribution in [1.29, 1.82) is 0 Å². The maximum atomic E-state index is 12.7. The third-order valence-corrected chi connectivity index (χ3v) is 4.54. The molecule has 0 atom stereocenters. The Kier molecular flexibility index (Phi) is 4.20. The van der Waals surface area contributed by atoms with Crippen molar-refractivity contribution < 1.29 is 14.4 Å². The highest BCUT2D eigenvalue weighted by molar-refractivity contribution is 6.22. The van der Waals surface area contributed by atoms with Crippen LogP contribution in [0.25, 0.3) is 0 Å². The average molecular weight is 314 g/mol. The maximum absolute atomic E-state index is 12.7. The van der Waals surface area contributed by atoms with Gasteiger partial charge in [0.1, 0.15) is 0 Å². The summed E-state index contributed by atoms with van der Waals surface area (Å²) < 4.78 is 0. The van der Waals surface area contributed by atoms with Gasteiger partial charge in [0.25, 0.3) is 17.7 Å². The number of carbonyl (C=O) groups is 3. The molecule has 5 nitrogen and oxygen atoms in total. The van der Waals surface area contributed by atoms with Gasteiger partial charge in [-0.15, -0.1) is 0 Å². The molecule has 0 saturated heterocycles. The van der Waals surface area contributed by atoms with Crippen molar-refractivity contribution in [3.63, 3.8) is 0 Å². The van der Waals surface area contributed by atoms with E-state index < -0.39 is 0 Å². The molecule has 5 heteroatoms. The van der Waals surface area contributed by atoms with Gasteiger partial charge in [0.15, 0.2) is 0 Å². The predicted octanol–water partition coefficient (Wildman–Crippen LogP) is 2.75. The molecule has 0 aromatic heterocycles. The van der Waals surface area contributed by atoms with Crippen LogP contribution in [0.15, 0.2) is 18.2 Å². The van der Waals surface area contributed by atoms with E-state index in [1.807, 2.05) is 13.8 Å². The Morgan fingerprint density at radius 3 is 2.39 bits per heavy atom. The second kappa shape index (κ2) is 6.14. The Morgan fingerprint density at radius 1 is 1.09 bits per heavy atom. The number of nitrogens with one attached hydrogen (secondary N) is 1. The van der Waals surface area contributed by atoms with Crippen LogP contribution >= 0.6 is 0 Å². The lowest BCUT2D eigenvalue weighted by molar-refractivity contribution is 0.0549. The minimum Gasteiger partial charge on any atom is -0.350 e. The van der Waals surface area contributed by atoms with Gasteiger partial charge in [-0.05, 0) is 44.9 Å². The molecule has 1 aliphatic carbocycles. The van der Waals surface area contributed by atoms with E-state index in [0.717, 1.165) is 25.7 Å². The zero-order valence-corrected chi connectivity index (χ0v) is 13.6. The third-order valence-electron chi connectivity index (χ3n) is 4.54. The Hall–Kier alpha value is -2.17. The number of fused-ring (bicyclic) bond motifs is 1. The lowest BCUT2D eigenvalue weighted by Gasteiger charge is -2.29. The SMILES string of the molecule is CC(C)NC(=O)c1ccc2c(c1)C(=O)N(C1CCCCC1)C2=O. The number of benzene rings is 1. The second-order valence-electron chi connectivity index (χ2n) is 6.66. The molecular formula is C18H22N2O3. The van der Waals surface area contributed by atoms with Crippen LogP contribution in [0.3, 0.4) is 0 Å². The first kappa shape index (κ1) is 15.7. The first-order valence-corrected chi connectivity index (χ1v) is 8.32. The summed E-state index contributed by atoms with van der Waals surface area (Å²) in [5.41, 5.74) is 1.20. The first-order valence-electron chi connectivity index (χ1n) is 8.32. The van der Waals surface area contributed by atoms with Gasteiger partial charge in [0, 0.05) is 17.6 Å². The van der Waals surface area contributed by atoms with Gasteiger partial charge < -0.3 is 5.32 Å². The fraction of sp³-hybridized carbons (Fsp3) is 0.500. The molecule has 1 aromatic rings. The fourth-order valence-corrected chi connectivity index (χ4v) is 3.42. The molecule has 1 aliphatic heterocycles. The molecule has 0 bridgehead atoms. The van der Waals surface area contributed by atoms with Crippen LogP contribution in [-0.2, 0) is 0 Å². The zero-order chi connectivity index (χ0) is 16.6. The largest absolute Gasteiger partial charge is 0.350 e. The third kappa shape index (κ3) is 2.87. The Bertz CT molecular complexity index is 660. The van der Waals surface area contributed by atoms with Gasteiger partial charge in [-0.1, -0.05) is 19.3 Å². The van der Waals surface area contributed by atoms with Crippen LogP contribution in [0.4, 0.5) is 0 Å². The highest BCUT2D eigenvalue weighted by atomic mass is 16.2. The fourth-order valence-electron chi connectivity index (χ4n) is 3.42. The van der Waals surface area contributed by atoms with Crippen LogP contribution in [0.5, 0.6) is 0 Å². The molecule has 0 radical (unpaired) electrons. The van der Waals surface area contributed by atoms with E-state index in [9.17, 15) is 14.4 Å². The van der Waals surface area contributed by atoms with E-state index >= 15 is 0 Å². The Balaban J connectivity index is 1.88. The van der Waals surface area contributed by atoms with E-state index in [-0.39, 0.29) is 29.8 Å². The van der Waals surface area contributed by atoms with Crippen LogP contribution in [0.1, 0.15) is 77.0 Å². The maximum Gasteiger partial charge on any atom is 0.261 e. The standard InChI is InChI=1S/C18H22N2O3/c1-11(2)19-16(21)12-8-9-14-15(10-12)18(23)20(17(14)22)13-6-4-3-5-7-13/h8-11,13H,3-7H2,1-2H3,(H,19,21). The van der Waals surface area contributed by atoms with E-state index in [2.05, 4.69) is 5.32 Å². The summed E-state index contributed by atoms with van der Waals surface area (Å²) >= 11 is 0. The van der Waals surface area contributed by atoms with E-state index in [1.54, 1.807) is 18.2 Å². The van der Waals surface area contributed by atoms with Gasteiger partial charge in [0.05, 0.1) is 11.1 Å². The number of amides is 3. The van der Waals surface area contributed by atoms with Crippen LogP contribution in [-0.4, -0.2) is 34.7 Å². The molecule has 1 saturated carbocycles. The summed E-state index contributed by atoms with van der Waals surface area (Å²) in [5.74, 6) is -0.692. The molecule has 3 rings (SSSR count). The number of hydrogen-bond donors (Lipinski definition) is 1. The van der Waals surface area contributed by atoms with Crippen LogP contribution in [0.2, 0.25) is 0 Å². The molecule has 1 heterocycles. The number of nitrogens with zero attached hydrogens (tertiary/aromatic N) is 1. The first-order chi connectivity index (χ1) is 11.0. The molecule has 23 heavy (non-hydrogen) atoms. The molecular weight excluding hydrogens is 292 g/mol. The summed E-state index contributed by atoms with van der Waals surface area (Å²) in [6.45, 7) is 3.76. The van der Waals surface area contributed by atoms with Gasteiger partial charge >= 0.3 is 0 Å². The minimum absolute atomic E-state index is 0.00379. The van der Waals surface area contributed by atoms with Gasteiger partial charge in [-0.3, -0.25) is 19.3 Å². The van der Waals surface area contributed by atoms with E-state index in [1.165, 1.54) is 11.3 Å². The number of rotatable bonds is 3. The van der Waals surface area contributed by atoms with Gasteiger partial charge in [-0.25, -0.2) is 0 Å². The van der Waals surface area contributed by atoms with Gasteiger partial charge in [0.2, 0.25) is 0 Å². The summed E-state index contributed by atoms with van der Waals surface area (Å²) in [5, 5.41) is 2.80. The second-order valence-corrected chi connectivity index (χ2v) is 6.66. The van der Waals surface area contributed by atoms with E-state index in [4.69, 9.17) is 0 Å². The summed E-state index contributed by atoms with van der Waals surface area (Å²) in [7, 11) is 0. The molecule has 1 fully saturated rings. The normalized spacial score (nSPS) is 18.5. The lowest BCUT2D eigenvalue weighted by atomic mass is 9.94. The zero-order valence-electron chi connectivity index (χ0n) is 13.6. The monoisotopic (exact) mass is 314 g/mol. The minimum atomic E-state index is -0.254. The van der Waals surface area contributed by atoms with Crippen LogP contribution in [0, 0.1) is 0 Å². The van der Waals surface area contributed by atoms with Crippen molar-refractivity contribution in [2.75, 3.05) is 0 Å². The molecule has 1 N–H and O–H groups in total. The highest BCUT2D eigenvalue weighted by Crippen LogP contribution is 2.31. The molecule has 2 aliphatic rings. The van der Waals surface area contributed by atoms with Crippen molar-refractivity contribution in [2.24, 2.45) is 0 Å². The molecule has 122 valence electrons.